The van der Waals surface area contributed by atoms with E-state index in [9.17, 15) is 0 Å². The number of aryl methyl sites for hydroxylation is 1. The van der Waals surface area contributed by atoms with Crippen molar-refractivity contribution in [2.45, 2.75) is 37.7 Å². The SMILES string of the molecule is CCCNc1nc(CSC(C)CCO)nc2c1cnn2C. The number of aliphatic hydroxyl groups is 1. The summed E-state index contributed by atoms with van der Waals surface area (Å²) in [6.07, 6.45) is 3.64. The molecule has 0 bridgehead atoms. The van der Waals surface area contributed by atoms with Crippen molar-refractivity contribution >= 4 is 28.6 Å². The third kappa shape index (κ3) is 4.07. The van der Waals surface area contributed by atoms with Gasteiger partial charge < -0.3 is 10.4 Å². The molecule has 0 aliphatic carbocycles. The van der Waals surface area contributed by atoms with Crippen molar-refractivity contribution in [2.24, 2.45) is 7.05 Å². The zero-order chi connectivity index (χ0) is 15.2. The summed E-state index contributed by atoms with van der Waals surface area (Å²) in [5.41, 5.74) is 0.856. The lowest BCUT2D eigenvalue weighted by molar-refractivity contribution is 0.289. The number of aliphatic hydroxyl groups excluding tert-OH is 1. The first kappa shape index (κ1) is 16.0. The molecule has 7 heteroatoms. The molecule has 0 aliphatic rings. The maximum Gasteiger partial charge on any atom is 0.163 e. The molecule has 2 aromatic rings. The Balaban J connectivity index is 2.20. The van der Waals surface area contributed by atoms with Crippen molar-refractivity contribution in [1.82, 2.24) is 19.7 Å². The number of fused-ring (bicyclic) bond motifs is 1. The molecular formula is C14H23N5OS. The molecule has 2 heterocycles. The zero-order valence-electron chi connectivity index (χ0n) is 12.8. The van der Waals surface area contributed by atoms with Gasteiger partial charge in [0.05, 0.1) is 17.3 Å². The largest absolute Gasteiger partial charge is 0.396 e. The van der Waals surface area contributed by atoms with Crippen LogP contribution in [0.25, 0.3) is 11.0 Å². The first-order chi connectivity index (χ1) is 10.2. The third-order valence-electron chi connectivity index (χ3n) is 3.21. The van der Waals surface area contributed by atoms with Gasteiger partial charge in [-0.1, -0.05) is 13.8 Å². The van der Waals surface area contributed by atoms with Gasteiger partial charge >= 0.3 is 0 Å². The van der Waals surface area contributed by atoms with Crippen molar-refractivity contribution in [3.63, 3.8) is 0 Å². The normalized spacial score (nSPS) is 12.8. The maximum atomic E-state index is 8.96. The molecule has 116 valence electrons. The monoisotopic (exact) mass is 309 g/mol. The van der Waals surface area contributed by atoms with Gasteiger partial charge in [0, 0.05) is 25.4 Å². The topological polar surface area (TPSA) is 75.9 Å². The predicted molar refractivity (Wildman–Crippen MR) is 87.5 cm³/mol. The molecule has 2 rings (SSSR count). The lowest BCUT2D eigenvalue weighted by Gasteiger charge is -2.11. The Kier molecular flexibility index (Phi) is 5.81. The highest BCUT2D eigenvalue weighted by atomic mass is 32.2. The molecule has 0 aliphatic heterocycles. The van der Waals surface area contributed by atoms with E-state index < -0.39 is 0 Å². The van der Waals surface area contributed by atoms with Gasteiger partial charge in [-0.2, -0.15) is 16.9 Å². The van der Waals surface area contributed by atoms with Crippen molar-refractivity contribution in [1.29, 1.82) is 0 Å². The van der Waals surface area contributed by atoms with Crippen LogP contribution >= 0.6 is 11.8 Å². The number of anilines is 1. The molecule has 0 saturated heterocycles. The van der Waals surface area contributed by atoms with E-state index in [-0.39, 0.29) is 6.61 Å². The number of nitrogens with one attached hydrogen (secondary N) is 1. The van der Waals surface area contributed by atoms with Crippen LogP contribution in [-0.4, -0.2) is 43.3 Å². The van der Waals surface area contributed by atoms with E-state index in [4.69, 9.17) is 5.11 Å². The standard InChI is InChI=1S/C14H23N5OS/c1-4-6-15-13-11-8-16-19(3)14(11)18-12(17-13)9-21-10(2)5-7-20/h8,10,20H,4-7,9H2,1-3H3,(H,15,17,18). The van der Waals surface area contributed by atoms with E-state index in [1.54, 1.807) is 22.6 Å². The molecule has 6 nitrogen and oxygen atoms in total. The van der Waals surface area contributed by atoms with Crippen molar-refractivity contribution in [3.8, 4) is 0 Å². The summed E-state index contributed by atoms with van der Waals surface area (Å²) in [6, 6.07) is 0. The molecule has 0 aromatic carbocycles. The van der Waals surface area contributed by atoms with Crippen LogP contribution in [0.2, 0.25) is 0 Å². The molecule has 0 saturated carbocycles. The van der Waals surface area contributed by atoms with Crippen LogP contribution in [0, 0.1) is 0 Å². The lowest BCUT2D eigenvalue weighted by Crippen LogP contribution is -2.07. The average molecular weight is 309 g/mol. The van der Waals surface area contributed by atoms with Gasteiger partial charge in [-0.25, -0.2) is 9.97 Å². The van der Waals surface area contributed by atoms with E-state index in [1.165, 1.54) is 0 Å². The average Bonchev–Trinajstić information content (AvgIpc) is 2.85. The van der Waals surface area contributed by atoms with Gasteiger partial charge in [-0.15, -0.1) is 0 Å². The molecule has 0 fully saturated rings. The maximum absolute atomic E-state index is 8.96. The minimum absolute atomic E-state index is 0.221. The summed E-state index contributed by atoms with van der Waals surface area (Å²) in [4.78, 5) is 9.23. The Hall–Kier alpha value is -1.34. The second kappa shape index (κ2) is 7.61. The number of thioether (sulfide) groups is 1. The highest BCUT2D eigenvalue weighted by Gasteiger charge is 2.12. The predicted octanol–water partition coefficient (Wildman–Crippen LogP) is 2.19. The number of hydrogen-bond donors (Lipinski definition) is 2. The Labute approximate surface area is 129 Å². The third-order valence-corrected chi connectivity index (χ3v) is 4.44. The van der Waals surface area contributed by atoms with Gasteiger partial charge in [0.15, 0.2) is 5.65 Å². The van der Waals surface area contributed by atoms with Crippen LogP contribution in [0.15, 0.2) is 6.20 Å². The van der Waals surface area contributed by atoms with E-state index >= 15 is 0 Å². The molecule has 1 atom stereocenters. The summed E-state index contributed by atoms with van der Waals surface area (Å²) >= 11 is 1.76. The molecule has 2 N–H and O–H groups in total. The number of rotatable bonds is 8. The first-order valence-electron chi connectivity index (χ1n) is 7.30. The van der Waals surface area contributed by atoms with Gasteiger partial charge in [-0.3, -0.25) is 4.68 Å². The molecular weight excluding hydrogens is 286 g/mol. The minimum Gasteiger partial charge on any atom is -0.396 e. The highest BCUT2D eigenvalue weighted by Crippen LogP contribution is 2.23. The number of hydrogen-bond acceptors (Lipinski definition) is 6. The van der Waals surface area contributed by atoms with Gasteiger partial charge in [0.1, 0.15) is 11.6 Å². The Morgan fingerprint density at radius 2 is 2.24 bits per heavy atom. The number of aromatic nitrogens is 4. The first-order valence-corrected chi connectivity index (χ1v) is 8.35. The van der Waals surface area contributed by atoms with Gasteiger partial charge in [0.25, 0.3) is 0 Å². The molecule has 1 unspecified atom stereocenters. The Bertz CT molecular complexity index is 586. The fourth-order valence-corrected chi connectivity index (χ4v) is 2.83. The minimum atomic E-state index is 0.221. The van der Waals surface area contributed by atoms with Crippen LogP contribution in [0.3, 0.4) is 0 Å². The second-order valence-electron chi connectivity index (χ2n) is 5.05. The fourth-order valence-electron chi connectivity index (χ4n) is 1.99. The van der Waals surface area contributed by atoms with E-state index in [0.717, 1.165) is 47.8 Å². The smallest absolute Gasteiger partial charge is 0.163 e. The van der Waals surface area contributed by atoms with Gasteiger partial charge in [0.2, 0.25) is 0 Å². The summed E-state index contributed by atoms with van der Waals surface area (Å²) < 4.78 is 1.78. The van der Waals surface area contributed by atoms with Crippen molar-refractivity contribution < 1.29 is 5.11 Å². The Morgan fingerprint density at radius 1 is 1.43 bits per heavy atom. The van der Waals surface area contributed by atoms with Crippen LogP contribution in [0.5, 0.6) is 0 Å². The molecule has 0 amide bonds. The van der Waals surface area contributed by atoms with Crippen LogP contribution in [-0.2, 0) is 12.8 Å². The van der Waals surface area contributed by atoms with E-state index in [2.05, 4.69) is 34.2 Å². The summed E-state index contributed by atoms with van der Waals surface area (Å²) in [5.74, 6) is 2.41. The molecule has 21 heavy (non-hydrogen) atoms. The fraction of sp³-hybridized carbons (Fsp3) is 0.643. The highest BCUT2D eigenvalue weighted by molar-refractivity contribution is 7.99. The van der Waals surface area contributed by atoms with Crippen molar-refractivity contribution in [3.05, 3.63) is 12.0 Å². The van der Waals surface area contributed by atoms with Gasteiger partial charge in [-0.05, 0) is 12.8 Å². The van der Waals surface area contributed by atoms with E-state index in [0.29, 0.717) is 5.25 Å². The summed E-state index contributed by atoms with van der Waals surface area (Å²) in [7, 11) is 1.89. The van der Waals surface area contributed by atoms with Crippen LogP contribution in [0.4, 0.5) is 5.82 Å². The lowest BCUT2D eigenvalue weighted by atomic mass is 10.3. The Morgan fingerprint density at radius 3 is 2.95 bits per heavy atom. The summed E-state index contributed by atoms with van der Waals surface area (Å²) in [6.45, 7) is 5.34. The summed E-state index contributed by atoms with van der Waals surface area (Å²) in [5, 5.41) is 17.9. The van der Waals surface area contributed by atoms with Crippen LogP contribution < -0.4 is 5.32 Å². The molecule has 0 radical (unpaired) electrons. The van der Waals surface area contributed by atoms with E-state index in [1.807, 2.05) is 7.05 Å². The zero-order valence-corrected chi connectivity index (χ0v) is 13.7. The van der Waals surface area contributed by atoms with Crippen LogP contribution in [0.1, 0.15) is 32.5 Å². The number of nitrogens with zero attached hydrogens (tertiary/aromatic N) is 4. The second-order valence-corrected chi connectivity index (χ2v) is 6.48. The quantitative estimate of drug-likeness (QED) is 0.778. The van der Waals surface area contributed by atoms with Crippen molar-refractivity contribution in [2.75, 3.05) is 18.5 Å². The molecule has 2 aromatic heterocycles. The molecule has 0 spiro atoms.